The first kappa shape index (κ1) is 26.7. The van der Waals surface area contributed by atoms with Crippen molar-refractivity contribution in [2.45, 2.75) is 52.2 Å². The van der Waals surface area contributed by atoms with E-state index in [-0.39, 0.29) is 48.6 Å². The van der Waals surface area contributed by atoms with Crippen molar-refractivity contribution in [3.8, 4) is 0 Å². The highest BCUT2D eigenvalue weighted by Crippen LogP contribution is 2.15. The summed E-state index contributed by atoms with van der Waals surface area (Å²) < 4.78 is 10.4. The summed E-state index contributed by atoms with van der Waals surface area (Å²) in [6.07, 6.45) is 1.51. The van der Waals surface area contributed by atoms with E-state index in [4.69, 9.17) is 9.47 Å². The van der Waals surface area contributed by atoms with Gasteiger partial charge in [0.2, 0.25) is 5.91 Å². The van der Waals surface area contributed by atoms with Gasteiger partial charge in [0.1, 0.15) is 12.1 Å². The zero-order chi connectivity index (χ0) is 20.3. The number of hydrogen-bond acceptors (Lipinski definition) is 5. The molecule has 1 fully saturated rings. The zero-order valence-electron chi connectivity index (χ0n) is 17.7. The molecule has 2 amide bonds. The summed E-state index contributed by atoms with van der Waals surface area (Å²) in [4.78, 5) is 30.1. The number of nitrogens with one attached hydrogen (secondary N) is 3. The van der Waals surface area contributed by atoms with Crippen LogP contribution in [-0.4, -0.2) is 80.9 Å². The number of halogens is 1. The second-order valence-corrected chi connectivity index (χ2v) is 7.45. The Balaban J connectivity index is 0.00000729. The van der Waals surface area contributed by atoms with E-state index in [0.29, 0.717) is 38.7 Å². The smallest absolute Gasteiger partial charge is 0.410 e. The Kier molecular flexibility index (Phi) is 13.2. The number of amides is 2. The van der Waals surface area contributed by atoms with Crippen LogP contribution in [-0.2, 0) is 14.3 Å². The van der Waals surface area contributed by atoms with Crippen LogP contribution in [0.1, 0.15) is 40.5 Å². The lowest BCUT2D eigenvalue weighted by atomic mass is 10.1. The molecule has 0 aliphatic carbocycles. The molecule has 1 heterocycles. The third-order valence-electron chi connectivity index (χ3n) is 3.77. The van der Waals surface area contributed by atoms with Gasteiger partial charge >= 0.3 is 6.09 Å². The normalized spacial score (nSPS) is 17.4. The SMILES string of the molecule is CCNC(=NCC(=O)NCCOC)NC1CCCN(C(=O)OC(C)(C)C)C1.I. The van der Waals surface area contributed by atoms with E-state index in [0.717, 1.165) is 12.8 Å². The topological polar surface area (TPSA) is 104 Å². The van der Waals surface area contributed by atoms with Crippen molar-refractivity contribution in [3.63, 3.8) is 0 Å². The molecule has 164 valence electrons. The fourth-order valence-corrected chi connectivity index (χ4v) is 2.60. The number of aliphatic imine (C=N–C) groups is 1. The van der Waals surface area contributed by atoms with E-state index in [1.165, 1.54) is 0 Å². The molecule has 3 N–H and O–H groups in total. The molecular formula is C18H36IN5O4. The third kappa shape index (κ3) is 11.5. The number of carbonyl (C=O) groups is 2. The molecule has 1 rings (SSSR count). The highest BCUT2D eigenvalue weighted by molar-refractivity contribution is 14.0. The Bertz CT molecular complexity index is 511. The maximum absolute atomic E-state index is 12.3. The zero-order valence-corrected chi connectivity index (χ0v) is 20.0. The summed E-state index contributed by atoms with van der Waals surface area (Å²) in [5.74, 6) is 0.402. The van der Waals surface area contributed by atoms with E-state index in [9.17, 15) is 9.59 Å². The van der Waals surface area contributed by atoms with Crippen LogP contribution in [0.4, 0.5) is 4.79 Å². The number of guanidine groups is 1. The number of rotatable bonds is 7. The van der Waals surface area contributed by atoms with Crippen molar-refractivity contribution in [2.75, 3.05) is 46.4 Å². The van der Waals surface area contributed by atoms with Gasteiger partial charge in [0, 0.05) is 39.3 Å². The Morgan fingerprint density at radius 1 is 1.25 bits per heavy atom. The fourth-order valence-electron chi connectivity index (χ4n) is 2.60. The number of nitrogens with zero attached hydrogens (tertiary/aromatic N) is 2. The summed E-state index contributed by atoms with van der Waals surface area (Å²) in [5, 5.41) is 9.18. The second-order valence-electron chi connectivity index (χ2n) is 7.45. The van der Waals surface area contributed by atoms with Crippen LogP contribution in [0.3, 0.4) is 0 Å². The van der Waals surface area contributed by atoms with Crippen molar-refractivity contribution < 1.29 is 19.1 Å². The Morgan fingerprint density at radius 2 is 1.96 bits per heavy atom. The lowest BCUT2D eigenvalue weighted by Gasteiger charge is -2.35. The number of carbonyl (C=O) groups excluding carboxylic acids is 2. The van der Waals surface area contributed by atoms with Crippen LogP contribution < -0.4 is 16.0 Å². The van der Waals surface area contributed by atoms with Crippen molar-refractivity contribution >= 4 is 41.9 Å². The number of hydrogen-bond donors (Lipinski definition) is 3. The highest BCUT2D eigenvalue weighted by Gasteiger charge is 2.28. The quantitative estimate of drug-likeness (QED) is 0.205. The minimum Gasteiger partial charge on any atom is -0.444 e. The van der Waals surface area contributed by atoms with Crippen LogP contribution in [0.5, 0.6) is 0 Å². The maximum Gasteiger partial charge on any atom is 0.410 e. The molecule has 0 aromatic heterocycles. The highest BCUT2D eigenvalue weighted by atomic mass is 127. The first-order chi connectivity index (χ1) is 12.7. The maximum atomic E-state index is 12.3. The molecule has 28 heavy (non-hydrogen) atoms. The van der Waals surface area contributed by atoms with Crippen molar-refractivity contribution in [1.82, 2.24) is 20.9 Å². The van der Waals surface area contributed by atoms with Crippen LogP contribution in [0.2, 0.25) is 0 Å². The van der Waals surface area contributed by atoms with Gasteiger partial charge in [0.05, 0.1) is 6.61 Å². The fraction of sp³-hybridized carbons (Fsp3) is 0.833. The molecule has 1 atom stereocenters. The monoisotopic (exact) mass is 513 g/mol. The summed E-state index contributed by atoms with van der Waals surface area (Å²) in [6.45, 7) is 10.4. The van der Waals surface area contributed by atoms with Crippen molar-refractivity contribution in [2.24, 2.45) is 4.99 Å². The second kappa shape index (κ2) is 13.8. The van der Waals surface area contributed by atoms with Gasteiger partial charge in [-0.15, -0.1) is 24.0 Å². The molecule has 9 nitrogen and oxygen atoms in total. The van der Waals surface area contributed by atoms with Crippen LogP contribution >= 0.6 is 24.0 Å². The Hall–Kier alpha value is -1.30. The molecule has 1 aliphatic heterocycles. The average Bonchev–Trinajstić information content (AvgIpc) is 2.59. The molecule has 0 radical (unpaired) electrons. The van der Waals surface area contributed by atoms with Crippen LogP contribution in [0.15, 0.2) is 4.99 Å². The third-order valence-corrected chi connectivity index (χ3v) is 3.77. The largest absolute Gasteiger partial charge is 0.444 e. The Labute approximate surface area is 185 Å². The van der Waals surface area contributed by atoms with Gasteiger partial charge in [0.25, 0.3) is 0 Å². The molecule has 1 unspecified atom stereocenters. The molecule has 0 saturated carbocycles. The molecule has 0 bridgehead atoms. The predicted octanol–water partition coefficient (Wildman–Crippen LogP) is 1.32. The first-order valence-electron chi connectivity index (χ1n) is 9.53. The van der Waals surface area contributed by atoms with Crippen LogP contribution in [0, 0.1) is 0 Å². The summed E-state index contributed by atoms with van der Waals surface area (Å²) >= 11 is 0. The molecule has 1 aliphatic rings. The average molecular weight is 513 g/mol. The van der Waals surface area contributed by atoms with Crippen molar-refractivity contribution in [1.29, 1.82) is 0 Å². The molecule has 0 aromatic rings. The standard InChI is InChI=1S/C18H35N5O4.HI/c1-6-19-16(21-12-15(24)20-9-11-26-5)22-14-8-7-10-23(13-14)17(25)27-18(2,3)4;/h14H,6-13H2,1-5H3,(H,20,24)(H2,19,21,22);1H. The van der Waals surface area contributed by atoms with Gasteiger partial charge in [-0.25, -0.2) is 9.79 Å². The summed E-state index contributed by atoms with van der Waals surface area (Å²) in [6, 6.07) is 0.0561. The van der Waals surface area contributed by atoms with Gasteiger partial charge in [-0.3, -0.25) is 4.79 Å². The number of piperidine rings is 1. The van der Waals surface area contributed by atoms with E-state index in [2.05, 4.69) is 20.9 Å². The first-order valence-corrected chi connectivity index (χ1v) is 9.53. The van der Waals surface area contributed by atoms with E-state index in [1.54, 1.807) is 12.0 Å². The summed E-state index contributed by atoms with van der Waals surface area (Å²) in [5.41, 5.74) is -0.510. The van der Waals surface area contributed by atoms with Gasteiger partial charge in [-0.1, -0.05) is 0 Å². The molecular weight excluding hydrogens is 477 g/mol. The van der Waals surface area contributed by atoms with Gasteiger partial charge < -0.3 is 30.3 Å². The van der Waals surface area contributed by atoms with Crippen molar-refractivity contribution in [3.05, 3.63) is 0 Å². The van der Waals surface area contributed by atoms with Crippen LogP contribution in [0.25, 0.3) is 0 Å². The van der Waals surface area contributed by atoms with Gasteiger partial charge in [-0.2, -0.15) is 0 Å². The number of methoxy groups -OCH3 is 1. The van der Waals surface area contributed by atoms with E-state index in [1.807, 2.05) is 27.7 Å². The lowest BCUT2D eigenvalue weighted by molar-refractivity contribution is -0.119. The Morgan fingerprint density at radius 3 is 2.57 bits per heavy atom. The summed E-state index contributed by atoms with van der Waals surface area (Å²) in [7, 11) is 1.59. The van der Waals surface area contributed by atoms with E-state index < -0.39 is 5.60 Å². The molecule has 0 aromatic carbocycles. The lowest BCUT2D eigenvalue weighted by Crippen LogP contribution is -2.53. The predicted molar refractivity (Wildman–Crippen MR) is 120 cm³/mol. The minimum atomic E-state index is -0.510. The molecule has 1 saturated heterocycles. The minimum absolute atomic E-state index is 0. The molecule has 10 heteroatoms. The number of ether oxygens (including phenoxy) is 2. The van der Waals surface area contributed by atoms with E-state index >= 15 is 0 Å². The number of likely N-dealkylation sites (tertiary alicyclic amines) is 1. The molecule has 0 spiro atoms. The van der Waals surface area contributed by atoms with Gasteiger partial charge in [0.15, 0.2) is 5.96 Å². The van der Waals surface area contributed by atoms with Gasteiger partial charge in [-0.05, 0) is 40.5 Å².